The van der Waals surface area contributed by atoms with Gasteiger partial charge in [-0.1, -0.05) is 6.07 Å². The van der Waals surface area contributed by atoms with E-state index in [4.69, 9.17) is 5.73 Å². The molecule has 1 aliphatic heterocycles. The number of alkyl halides is 3. The monoisotopic (exact) mass is 599 g/mol. The summed E-state index contributed by atoms with van der Waals surface area (Å²) in [7, 11) is 0. The van der Waals surface area contributed by atoms with E-state index in [-0.39, 0.29) is 23.6 Å². The Bertz CT molecular complexity index is 1660. The second-order valence-electron chi connectivity index (χ2n) is 10.6. The average Bonchev–Trinajstić information content (AvgIpc) is 3.34. The van der Waals surface area contributed by atoms with Crippen LogP contribution in [0.5, 0.6) is 0 Å². The van der Waals surface area contributed by atoms with Crippen molar-refractivity contribution in [1.29, 1.82) is 0 Å². The molecule has 5 rings (SSSR count). The van der Waals surface area contributed by atoms with Gasteiger partial charge in [0, 0.05) is 30.9 Å². The predicted molar refractivity (Wildman–Crippen MR) is 151 cm³/mol. The second kappa shape index (κ2) is 11.5. The number of halogens is 4. The zero-order valence-electron chi connectivity index (χ0n) is 23.2. The van der Waals surface area contributed by atoms with Crippen LogP contribution in [0.3, 0.4) is 0 Å². The Morgan fingerprint density at radius 2 is 1.81 bits per heavy atom. The molecule has 4 heterocycles. The Labute approximate surface area is 243 Å². The molecule has 1 fully saturated rings. The van der Waals surface area contributed by atoms with Gasteiger partial charge in [-0.15, -0.1) is 0 Å². The first-order valence-electron chi connectivity index (χ1n) is 13.4. The standard InChI is InChI=1S/C28H29F4N9O2/c1-16(2)37-26(43)40-9-6-27(33,7-10-40)23-13-19(22-14-34-15-36-41(22)23)17-3-4-21(20(29)11-17)38-25(42)39-24-12-18(5-8-35-24)28(30,31)32/h3-5,8,11-16H,6-7,9-10,33H2,1-2H3,(H,37,43)(H2,35,38,39,42). The van der Waals surface area contributed by atoms with E-state index in [1.165, 1.54) is 18.5 Å². The number of nitrogens with one attached hydrogen (secondary N) is 3. The summed E-state index contributed by atoms with van der Waals surface area (Å²) < 4.78 is 55.7. The van der Waals surface area contributed by atoms with E-state index in [0.29, 0.717) is 54.3 Å². The number of aromatic nitrogens is 4. The Hall–Kier alpha value is -4.79. The molecule has 1 aromatic carbocycles. The van der Waals surface area contributed by atoms with E-state index in [0.717, 1.165) is 12.3 Å². The van der Waals surface area contributed by atoms with Gasteiger partial charge in [-0.2, -0.15) is 18.3 Å². The minimum Gasteiger partial charge on any atom is -0.336 e. The predicted octanol–water partition coefficient (Wildman–Crippen LogP) is 4.96. The number of carbonyl (C=O) groups excluding carboxylic acids is 2. The van der Waals surface area contributed by atoms with E-state index in [1.54, 1.807) is 21.7 Å². The van der Waals surface area contributed by atoms with Gasteiger partial charge < -0.3 is 21.3 Å². The maximum Gasteiger partial charge on any atom is 0.416 e. The average molecular weight is 600 g/mol. The molecule has 0 radical (unpaired) electrons. The number of piperidine rings is 1. The molecule has 226 valence electrons. The number of rotatable bonds is 5. The lowest BCUT2D eigenvalue weighted by Gasteiger charge is -2.39. The molecule has 0 spiro atoms. The van der Waals surface area contributed by atoms with Crippen LogP contribution in [-0.2, 0) is 11.7 Å². The molecule has 5 N–H and O–H groups in total. The quantitative estimate of drug-likeness (QED) is 0.239. The van der Waals surface area contributed by atoms with Crippen molar-refractivity contribution in [1.82, 2.24) is 29.8 Å². The van der Waals surface area contributed by atoms with Gasteiger partial charge in [-0.25, -0.2) is 28.5 Å². The van der Waals surface area contributed by atoms with Crippen molar-refractivity contribution in [3.63, 3.8) is 0 Å². The van der Waals surface area contributed by atoms with E-state index in [2.05, 4.69) is 31.0 Å². The molecule has 11 nitrogen and oxygen atoms in total. The van der Waals surface area contributed by atoms with E-state index in [9.17, 15) is 22.8 Å². The SMILES string of the molecule is CC(C)NC(=O)N1CCC(N)(c2cc(-c3ccc(NC(=O)Nc4cc(C(F)(F)F)ccn4)c(F)c3)c3cncnn23)CC1. The first-order chi connectivity index (χ1) is 20.3. The van der Waals surface area contributed by atoms with Crippen LogP contribution in [0.1, 0.15) is 37.9 Å². The molecule has 0 bridgehead atoms. The summed E-state index contributed by atoms with van der Waals surface area (Å²) in [6, 6.07) is 6.28. The van der Waals surface area contributed by atoms with Crippen LogP contribution in [0, 0.1) is 5.82 Å². The number of nitrogens with two attached hydrogens (primary N) is 1. The van der Waals surface area contributed by atoms with Crippen LogP contribution in [0.4, 0.5) is 38.7 Å². The summed E-state index contributed by atoms with van der Waals surface area (Å²) in [5, 5.41) is 11.7. The molecule has 3 aromatic heterocycles. The van der Waals surface area contributed by atoms with Crippen LogP contribution >= 0.6 is 0 Å². The van der Waals surface area contributed by atoms with Gasteiger partial charge >= 0.3 is 18.2 Å². The highest BCUT2D eigenvalue weighted by atomic mass is 19.4. The molecule has 0 aliphatic carbocycles. The normalized spacial score (nSPS) is 15.0. The Balaban J connectivity index is 1.35. The number of likely N-dealkylation sites (tertiary alicyclic amines) is 1. The van der Waals surface area contributed by atoms with E-state index in [1.807, 2.05) is 19.9 Å². The van der Waals surface area contributed by atoms with Gasteiger partial charge in [0.1, 0.15) is 18.0 Å². The van der Waals surface area contributed by atoms with Gasteiger partial charge in [0.2, 0.25) is 0 Å². The summed E-state index contributed by atoms with van der Waals surface area (Å²) in [5.41, 5.74) is 7.18. The number of hydrogen-bond donors (Lipinski definition) is 4. The molecule has 0 saturated carbocycles. The largest absolute Gasteiger partial charge is 0.416 e. The lowest BCUT2D eigenvalue weighted by Crippen LogP contribution is -2.53. The lowest BCUT2D eigenvalue weighted by molar-refractivity contribution is -0.137. The molecular weight excluding hydrogens is 570 g/mol. The van der Waals surface area contributed by atoms with Crippen molar-refractivity contribution < 1.29 is 27.2 Å². The van der Waals surface area contributed by atoms with Crippen LogP contribution in [-0.4, -0.2) is 55.7 Å². The lowest BCUT2D eigenvalue weighted by atomic mass is 9.85. The zero-order valence-corrected chi connectivity index (χ0v) is 23.2. The number of anilines is 2. The zero-order chi connectivity index (χ0) is 30.9. The van der Waals surface area contributed by atoms with Crippen LogP contribution < -0.4 is 21.7 Å². The molecule has 0 atom stereocenters. The number of fused-ring (bicyclic) bond motifs is 1. The fourth-order valence-electron chi connectivity index (χ4n) is 4.97. The highest BCUT2D eigenvalue weighted by molar-refractivity contribution is 5.99. The number of amides is 4. The van der Waals surface area contributed by atoms with E-state index >= 15 is 4.39 Å². The molecule has 15 heteroatoms. The van der Waals surface area contributed by atoms with Crippen LogP contribution in [0.2, 0.25) is 0 Å². The molecule has 0 unspecified atom stereocenters. The Morgan fingerprint density at radius 3 is 2.49 bits per heavy atom. The van der Waals surface area contributed by atoms with Gasteiger partial charge in [0.15, 0.2) is 0 Å². The summed E-state index contributed by atoms with van der Waals surface area (Å²) in [6.45, 7) is 4.66. The minimum absolute atomic E-state index is 0.00889. The molecule has 1 aliphatic rings. The van der Waals surface area contributed by atoms with Crippen molar-refractivity contribution in [2.45, 2.75) is 44.4 Å². The molecule has 43 heavy (non-hydrogen) atoms. The number of benzene rings is 1. The molecular formula is C28H29F4N9O2. The van der Waals surface area contributed by atoms with Gasteiger partial charge in [-0.05, 0) is 62.6 Å². The fraction of sp³-hybridized carbons (Fsp3) is 0.321. The van der Waals surface area contributed by atoms with Crippen LogP contribution in [0.25, 0.3) is 16.6 Å². The molecule has 1 saturated heterocycles. The van der Waals surface area contributed by atoms with E-state index < -0.39 is 29.1 Å². The molecule has 4 aromatic rings. The second-order valence-corrected chi connectivity index (χ2v) is 10.6. The summed E-state index contributed by atoms with van der Waals surface area (Å²) in [4.78, 5) is 34.4. The Morgan fingerprint density at radius 1 is 1.07 bits per heavy atom. The van der Waals surface area contributed by atoms with Crippen molar-refractivity contribution in [2.75, 3.05) is 23.7 Å². The number of hydrogen-bond acceptors (Lipinski definition) is 6. The maximum atomic E-state index is 15.2. The number of carbonyl (C=O) groups is 2. The highest BCUT2D eigenvalue weighted by Gasteiger charge is 2.37. The van der Waals surface area contributed by atoms with Crippen molar-refractivity contribution in [2.24, 2.45) is 5.73 Å². The first kappa shape index (κ1) is 29.7. The minimum atomic E-state index is -4.61. The first-order valence-corrected chi connectivity index (χ1v) is 13.4. The van der Waals surface area contributed by atoms with Crippen molar-refractivity contribution in [3.05, 3.63) is 72.2 Å². The van der Waals surface area contributed by atoms with Gasteiger partial charge in [0.05, 0.1) is 34.2 Å². The third kappa shape index (κ3) is 6.35. The fourth-order valence-corrected chi connectivity index (χ4v) is 4.97. The topological polar surface area (TPSA) is 143 Å². The third-order valence-electron chi connectivity index (χ3n) is 7.17. The smallest absolute Gasteiger partial charge is 0.336 e. The van der Waals surface area contributed by atoms with Crippen molar-refractivity contribution >= 4 is 29.1 Å². The Kier molecular flexibility index (Phi) is 7.92. The summed E-state index contributed by atoms with van der Waals surface area (Å²) >= 11 is 0. The van der Waals surface area contributed by atoms with Gasteiger partial charge in [0.25, 0.3) is 0 Å². The number of nitrogens with zero attached hydrogens (tertiary/aromatic N) is 5. The number of pyridine rings is 1. The summed E-state index contributed by atoms with van der Waals surface area (Å²) in [5.74, 6) is -1.13. The third-order valence-corrected chi connectivity index (χ3v) is 7.17. The number of urea groups is 2. The van der Waals surface area contributed by atoms with Gasteiger partial charge in [-0.3, -0.25) is 5.32 Å². The van der Waals surface area contributed by atoms with Crippen LogP contribution in [0.15, 0.2) is 55.1 Å². The molecule has 4 amide bonds. The summed E-state index contributed by atoms with van der Waals surface area (Å²) in [6.07, 6.45) is 0.200. The van der Waals surface area contributed by atoms with Crippen molar-refractivity contribution in [3.8, 4) is 11.1 Å². The maximum absolute atomic E-state index is 15.2. The highest BCUT2D eigenvalue weighted by Crippen LogP contribution is 2.37.